The molecule has 0 radical (unpaired) electrons. The summed E-state index contributed by atoms with van der Waals surface area (Å²) in [6.45, 7) is 2.97. The number of ether oxygens (including phenoxy) is 1. The monoisotopic (exact) mass is 199 g/mol. The molecule has 0 aromatic rings. The van der Waals surface area contributed by atoms with Crippen molar-refractivity contribution < 1.29 is 9.84 Å². The molecule has 0 spiro atoms. The molecule has 1 aliphatic carbocycles. The summed E-state index contributed by atoms with van der Waals surface area (Å²) in [6.07, 6.45) is 5.75. The van der Waals surface area contributed by atoms with Crippen LogP contribution in [0.5, 0.6) is 0 Å². The maximum atomic E-state index is 9.81. The van der Waals surface area contributed by atoms with Gasteiger partial charge in [-0.05, 0) is 26.2 Å². The van der Waals surface area contributed by atoms with Crippen LogP contribution in [0, 0.1) is 0 Å². The molecule has 4 atom stereocenters. The Morgan fingerprint density at radius 1 is 1.14 bits per heavy atom. The van der Waals surface area contributed by atoms with E-state index < -0.39 is 0 Å². The molecule has 14 heavy (non-hydrogen) atoms. The van der Waals surface area contributed by atoms with Crippen molar-refractivity contribution in [2.24, 2.45) is 0 Å². The highest BCUT2D eigenvalue weighted by atomic mass is 16.5. The van der Waals surface area contributed by atoms with Crippen LogP contribution in [0.1, 0.15) is 39.0 Å². The second-order valence-corrected chi connectivity index (χ2v) is 4.60. The number of hydrogen-bond donors (Lipinski definition) is 2. The standard InChI is InChI=1S/C11H21NO2/c1-8-9(6-7-14-8)12-10-4-2-3-5-11(10)13/h8-13H,2-7H2,1H3/t8-,9-,10-,11+/m0/s1. The van der Waals surface area contributed by atoms with Gasteiger partial charge in [0.25, 0.3) is 0 Å². The Balaban J connectivity index is 1.83. The topological polar surface area (TPSA) is 41.5 Å². The van der Waals surface area contributed by atoms with Crippen molar-refractivity contribution >= 4 is 0 Å². The van der Waals surface area contributed by atoms with Crippen molar-refractivity contribution in [3.63, 3.8) is 0 Å². The van der Waals surface area contributed by atoms with E-state index in [2.05, 4.69) is 12.2 Å². The Morgan fingerprint density at radius 3 is 2.57 bits per heavy atom. The Morgan fingerprint density at radius 2 is 1.93 bits per heavy atom. The van der Waals surface area contributed by atoms with Crippen molar-refractivity contribution in [3.8, 4) is 0 Å². The summed E-state index contributed by atoms with van der Waals surface area (Å²) >= 11 is 0. The van der Waals surface area contributed by atoms with Crippen LogP contribution in [-0.2, 0) is 4.74 Å². The third-order valence-corrected chi connectivity index (χ3v) is 3.53. The van der Waals surface area contributed by atoms with Crippen LogP contribution >= 0.6 is 0 Å². The Bertz CT molecular complexity index is 186. The summed E-state index contributed by atoms with van der Waals surface area (Å²) in [5.74, 6) is 0. The van der Waals surface area contributed by atoms with E-state index in [1.54, 1.807) is 0 Å². The lowest BCUT2D eigenvalue weighted by atomic mass is 9.91. The second-order valence-electron chi connectivity index (χ2n) is 4.60. The molecule has 1 heterocycles. The van der Waals surface area contributed by atoms with Gasteiger partial charge in [-0.3, -0.25) is 0 Å². The van der Waals surface area contributed by atoms with Crippen LogP contribution in [0.3, 0.4) is 0 Å². The van der Waals surface area contributed by atoms with Crippen molar-refractivity contribution in [2.75, 3.05) is 6.61 Å². The number of nitrogens with one attached hydrogen (secondary N) is 1. The van der Waals surface area contributed by atoms with E-state index in [9.17, 15) is 5.11 Å². The first-order valence-corrected chi connectivity index (χ1v) is 5.83. The second kappa shape index (κ2) is 4.60. The molecule has 2 aliphatic rings. The fourth-order valence-corrected chi connectivity index (χ4v) is 2.53. The molecule has 0 aromatic carbocycles. The minimum absolute atomic E-state index is 0.142. The lowest BCUT2D eigenvalue weighted by Gasteiger charge is -2.31. The third kappa shape index (κ3) is 2.27. The van der Waals surface area contributed by atoms with Crippen LogP contribution < -0.4 is 5.32 Å². The van der Waals surface area contributed by atoms with Gasteiger partial charge in [0.2, 0.25) is 0 Å². The molecule has 3 nitrogen and oxygen atoms in total. The van der Waals surface area contributed by atoms with Gasteiger partial charge in [-0.2, -0.15) is 0 Å². The first kappa shape index (κ1) is 10.4. The largest absolute Gasteiger partial charge is 0.392 e. The van der Waals surface area contributed by atoms with E-state index in [1.165, 1.54) is 12.8 Å². The average molecular weight is 199 g/mol. The zero-order chi connectivity index (χ0) is 9.97. The molecule has 2 N–H and O–H groups in total. The summed E-state index contributed by atoms with van der Waals surface area (Å²) in [5.41, 5.74) is 0. The fourth-order valence-electron chi connectivity index (χ4n) is 2.53. The summed E-state index contributed by atoms with van der Waals surface area (Å²) in [4.78, 5) is 0. The van der Waals surface area contributed by atoms with Crippen LogP contribution in [-0.4, -0.2) is 36.0 Å². The minimum atomic E-state index is -0.142. The van der Waals surface area contributed by atoms with E-state index in [4.69, 9.17) is 4.74 Å². The smallest absolute Gasteiger partial charge is 0.0700 e. The van der Waals surface area contributed by atoms with Gasteiger partial charge in [0, 0.05) is 18.7 Å². The highest BCUT2D eigenvalue weighted by molar-refractivity contribution is 4.87. The van der Waals surface area contributed by atoms with E-state index in [0.29, 0.717) is 18.2 Å². The van der Waals surface area contributed by atoms with Gasteiger partial charge < -0.3 is 15.2 Å². The number of hydrogen-bond acceptors (Lipinski definition) is 3. The van der Waals surface area contributed by atoms with Crippen LogP contribution in [0.25, 0.3) is 0 Å². The highest BCUT2D eigenvalue weighted by Gasteiger charge is 2.30. The van der Waals surface area contributed by atoms with Gasteiger partial charge in [0.1, 0.15) is 0 Å². The predicted octanol–water partition coefficient (Wildman–Crippen LogP) is 1.06. The van der Waals surface area contributed by atoms with Crippen LogP contribution in [0.2, 0.25) is 0 Å². The normalized spacial score (nSPS) is 44.1. The Labute approximate surface area is 85.8 Å². The van der Waals surface area contributed by atoms with Crippen molar-refractivity contribution in [1.29, 1.82) is 0 Å². The molecule has 0 bridgehead atoms. The van der Waals surface area contributed by atoms with Crippen LogP contribution in [0.4, 0.5) is 0 Å². The maximum Gasteiger partial charge on any atom is 0.0700 e. The summed E-state index contributed by atoms with van der Waals surface area (Å²) in [7, 11) is 0. The van der Waals surface area contributed by atoms with Crippen LogP contribution in [0.15, 0.2) is 0 Å². The van der Waals surface area contributed by atoms with Crippen molar-refractivity contribution in [2.45, 2.75) is 63.3 Å². The molecular weight excluding hydrogens is 178 g/mol. The third-order valence-electron chi connectivity index (χ3n) is 3.53. The van der Waals surface area contributed by atoms with E-state index in [-0.39, 0.29) is 6.10 Å². The SMILES string of the molecule is C[C@@H]1OCC[C@@H]1N[C@H]1CCCC[C@H]1O. The van der Waals surface area contributed by atoms with E-state index in [0.717, 1.165) is 25.9 Å². The van der Waals surface area contributed by atoms with Gasteiger partial charge >= 0.3 is 0 Å². The number of rotatable bonds is 2. The quantitative estimate of drug-likeness (QED) is 0.698. The summed E-state index contributed by atoms with van der Waals surface area (Å²) < 4.78 is 5.50. The first-order valence-electron chi connectivity index (χ1n) is 5.83. The molecule has 0 aromatic heterocycles. The van der Waals surface area contributed by atoms with Crippen molar-refractivity contribution in [1.82, 2.24) is 5.32 Å². The molecule has 1 saturated heterocycles. The van der Waals surface area contributed by atoms with Crippen molar-refractivity contribution in [3.05, 3.63) is 0 Å². The molecule has 2 fully saturated rings. The fraction of sp³-hybridized carbons (Fsp3) is 1.00. The highest BCUT2D eigenvalue weighted by Crippen LogP contribution is 2.21. The Kier molecular flexibility index (Phi) is 3.42. The Hall–Kier alpha value is -0.120. The minimum Gasteiger partial charge on any atom is -0.392 e. The van der Waals surface area contributed by atoms with E-state index in [1.807, 2.05) is 0 Å². The van der Waals surface area contributed by atoms with Gasteiger partial charge in [-0.25, -0.2) is 0 Å². The van der Waals surface area contributed by atoms with Gasteiger partial charge in [0.05, 0.1) is 12.2 Å². The lowest BCUT2D eigenvalue weighted by Crippen LogP contribution is -2.49. The summed E-state index contributed by atoms with van der Waals surface area (Å²) in [5, 5.41) is 13.4. The van der Waals surface area contributed by atoms with Gasteiger partial charge in [0.15, 0.2) is 0 Å². The van der Waals surface area contributed by atoms with E-state index >= 15 is 0 Å². The summed E-state index contributed by atoms with van der Waals surface area (Å²) in [6, 6.07) is 0.755. The molecule has 1 aliphatic heterocycles. The maximum absolute atomic E-state index is 9.81. The molecule has 2 rings (SSSR count). The first-order chi connectivity index (χ1) is 6.77. The van der Waals surface area contributed by atoms with Gasteiger partial charge in [-0.1, -0.05) is 12.8 Å². The van der Waals surface area contributed by atoms with Gasteiger partial charge in [-0.15, -0.1) is 0 Å². The molecule has 0 unspecified atom stereocenters. The lowest BCUT2D eigenvalue weighted by molar-refractivity contribution is 0.0694. The zero-order valence-corrected chi connectivity index (χ0v) is 8.91. The molecular formula is C11H21NO2. The molecule has 3 heteroatoms. The number of aliphatic hydroxyl groups is 1. The predicted molar refractivity (Wildman–Crippen MR) is 55.2 cm³/mol. The average Bonchev–Trinajstić information content (AvgIpc) is 2.56. The molecule has 1 saturated carbocycles. The molecule has 0 amide bonds. The zero-order valence-electron chi connectivity index (χ0n) is 8.91. The number of aliphatic hydroxyl groups excluding tert-OH is 1. The molecule has 82 valence electrons.